The molecular formula is C13H20ClN3O2S. The van der Waals surface area contributed by atoms with Crippen LogP contribution in [-0.4, -0.2) is 44.5 Å². The second-order valence-electron chi connectivity index (χ2n) is 4.95. The molecule has 1 N–H and O–H groups in total. The van der Waals surface area contributed by atoms with Crippen LogP contribution in [0.25, 0.3) is 0 Å². The van der Waals surface area contributed by atoms with Gasteiger partial charge in [0, 0.05) is 25.8 Å². The molecule has 0 bridgehead atoms. The third-order valence-corrected chi connectivity index (χ3v) is 5.28. The molecule has 7 heteroatoms. The summed E-state index contributed by atoms with van der Waals surface area (Å²) in [6.45, 7) is 4.75. The number of hydrogen-bond donors (Lipinski definition) is 1. The molecule has 0 radical (unpaired) electrons. The van der Waals surface area contributed by atoms with Crippen molar-refractivity contribution in [3.63, 3.8) is 0 Å². The van der Waals surface area contributed by atoms with Gasteiger partial charge in [0.1, 0.15) is 5.82 Å². The minimum absolute atomic E-state index is 0.195. The van der Waals surface area contributed by atoms with E-state index >= 15 is 0 Å². The Bertz CT molecular complexity index is 549. The predicted octanol–water partition coefficient (Wildman–Crippen LogP) is 1.47. The molecule has 5 nitrogen and oxygen atoms in total. The maximum atomic E-state index is 11.4. The molecular weight excluding hydrogens is 298 g/mol. The SMILES string of the molecule is CCCNCc1cc(N2CCS(=O)(=O)CC2)ncc1Cl. The van der Waals surface area contributed by atoms with Crippen molar-refractivity contribution >= 4 is 27.3 Å². The Morgan fingerprint density at radius 3 is 2.75 bits per heavy atom. The van der Waals surface area contributed by atoms with Crippen molar-refractivity contribution in [2.24, 2.45) is 0 Å². The fourth-order valence-corrected chi connectivity index (χ4v) is 3.49. The number of halogens is 1. The lowest BCUT2D eigenvalue weighted by Gasteiger charge is -2.28. The molecule has 0 atom stereocenters. The summed E-state index contributed by atoms with van der Waals surface area (Å²) >= 11 is 6.14. The van der Waals surface area contributed by atoms with Crippen LogP contribution in [0, 0.1) is 0 Å². The Balaban J connectivity index is 2.07. The summed E-state index contributed by atoms with van der Waals surface area (Å²) < 4.78 is 22.9. The zero-order valence-electron chi connectivity index (χ0n) is 11.6. The third-order valence-electron chi connectivity index (χ3n) is 3.33. The molecule has 1 aromatic rings. The molecule has 0 aliphatic carbocycles. The Morgan fingerprint density at radius 1 is 1.40 bits per heavy atom. The first kappa shape index (κ1) is 15.5. The van der Waals surface area contributed by atoms with Crippen LogP contribution in [0.2, 0.25) is 5.02 Å². The van der Waals surface area contributed by atoms with Crippen LogP contribution in [0.5, 0.6) is 0 Å². The lowest BCUT2D eigenvalue weighted by molar-refractivity contribution is 0.586. The quantitative estimate of drug-likeness (QED) is 0.833. The van der Waals surface area contributed by atoms with Gasteiger partial charge < -0.3 is 10.2 Å². The number of pyridine rings is 1. The second kappa shape index (κ2) is 6.74. The summed E-state index contributed by atoms with van der Waals surface area (Å²) in [6, 6.07) is 1.95. The zero-order valence-corrected chi connectivity index (χ0v) is 13.2. The molecule has 0 amide bonds. The summed E-state index contributed by atoms with van der Waals surface area (Å²) in [5, 5.41) is 3.95. The molecule has 1 saturated heterocycles. The van der Waals surface area contributed by atoms with E-state index in [1.54, 1.807) is 6.20 Å². The summed E-state index contributed by atoms with van der Waals surface area (Å²) in [5.41, 5.74) is 0.999. The molecule has 20 heavy (non-hydrogen) atoms. The highest BCUT2D eigenvalue weighted by molar-refractivity contribution is 7.91. The molecule has 2 rings (SSSR count). The van der Waals surface area contributed by atoms with E-state index in [9.17, 15) is 8.42 Å². The average molecular weight is 318 g/mol. The number of sulfone groups is 1. The van der Waals surface area contributed by atoms with E-state index in [0.717, 1.165) is 24.3 Å². The summed E-state index contributed by atoms with van der Waals surface area (Å²) in [4.78, 5) is 6.31. The average Bonchev–Trinajstić information content (AvgIpc) is 2.41. The minimum Gasteiger partial charge on any atom is -0.355 e. The predicted molar refractivity (Wildman–Crippen MR) is 82.1 cm³/mol. The Kier molecular flexibility index (Phi) is 5.23. The van der Waals surface area contributed by atoms with Crippen molar-refractivity contribution in [2.45, 2.75) is 19.9 Å². The number of rotatable bonds is 5. The van der Waals surface area contributed by atoms with Gasteiger partial charge in [0.25, 0.3) is 0 Å². The van der Waals surface area contributed by atoms with Gasteiger partial charge >= 0.3 is 0 Å². The normalized spacial score (nSPS) is 18.2. The van der Waals surface area contributed by atoms with Crippen molar-refractivity contribution in [1.29, 1.82) is 0 Å². The van der Waals surface area contributed by atoms with Crippen molar-refractivity contribution < 1.29 is 8.42 Å². The van der Waals surface area contributed by atoms with Crippen LogP contribution in [0.4, 0.5) is 5.82 Å². The molecule has 1 aliphatic heterocycles. The van der Waals surface area contributed by atoms with E-state index in [1.807, 2.05) is 11.0 Å². The van der Waals surface area contributed by atoms with Gasteiger partial charge in [-0.3, -0.25) is 0 Å². The van der Waals surface area contributed by atoms with Gasteiger partial charge in [-0.15, -0.1) is 0 Å². The fourth-order valence-electron chi connectivity index (χ4n) is 2.12. The van der Waals surface area contributed by atoms with Gasteiger partial charge in [0.15, 0.2) is 9.84 Å². The highest BCUT2D eigenvalue weighted by Gasteiger charge is 2.22. The highest BCUT2D eigenvalue weighted by Crippen LogP contribution is 2.21. The van der Waals surface area contributed by atoms with E-state index < -0.39 is 9.84 Å². The van der Waals surface area contributed by atoms with Crippen molar-refractivity contribution in [1.82, 2.24) is 10.3 Å². The Hall–Kier alpha value is -0.850. The van der Waals surface area contributed by atoms with E-state index in [4.69, 9.17) is 11.6 Å². The largest absolute Gasteiger partial charge is 0.355 e. The molecule has 0 saturated carbocycles. The molecule has 1 aliphatic rings. The maximum absolute atomic E-state index is 11.4. The monoisotopic (exact) mass is 317 g/mol. The third kappa shape index (κ3) is 4.07. The molecule has 0 unspecified atom stereocenters. The first-order valence-electron chi connectivity index (χ1n) is 6.82. The number of nitrogens with one attached hydrogen (secondary N) is 1. The number of anilines is 1. The van der Waals surface area contributed by atoms with Gasteiger partial charge in [-0.05, 0) is 24.6 Å². The van der Waals surface area contributed by atoms with Crippen LogP contribution in [0.1, 0.15) is 18.9 Å². The summed E-state index contributed by atoms with van der Waals surface area (Å²) in [5.74, 6) is 1.19. The van der Waals surface area contributed by atoms with Crippen molar-refractivity contribution in [3.05, 3.63) is 22.8 Å². The first-order valence-corrected chi connectivity index (χ1v) is 9.02. The smallest absolute Gasteiger partial charge is 0.153 e. The van der Waals surface area contributed by atoms with Gasteiger partial charge in [0.05, 0.1) is 16.5 Å². The van der Waals surface area contributed by atoms with Crippen molar-refractivity contribution in [3.8, 4) is 0 Å². The summed E-state index contributed by atoms with van der Waals surface area (Å²) in [6.07, 6.45) is 2.71. The number of hydrogen-bond acceptors (Lipinski definition) is 5. The maximum Gasteiger partial charge on any atom is 0.153 e. The lowest BCUT2D eigenvalue weighted by Crippen LogP contribution is -2.40. The Labute approximate surface area is 125 Å². The molecule has 1 aromatic heterocycles. The topological polar surface area (TPSA) is 62.3 Å². The number of aromatic nitrogens is 1. The second-order valence-corrected chi connectivity index (χ2v) is 7.66. The molecule has 0 aromatic carbocycles. The lowest BCUT2D eigenvalue weighted by atomic mass is 10.2. The standard InChI is InChI=1S/C13H20ClN3O2S/c1-2-3-15-9-11-8-13(16-10-12(11)14)17-4-6-20(18,19)7-5-17/h8,10,15H,2-7,9H2,1H3. The van der Waals surface area contributed by atoms with Crippen LogP contribution in [0.15, 0.2) is 12.3 Å². The molecule has 2 heterocycles. The fraction of sp³-hybridized carbons (Fsp3) is 0.615. The van der Waals surface area contributed by atoms with Crippen LogP contribution >= 0.6 is 11.6 Å². The van der Waals surface area contributed by atoms with Crippen LogP contribution in [-0.2, 0) is 16.4 Å². The minimum atomic E-state index is -2.87. The molecule has 1 fully saturated rings. The van der Waals surface area contributed by atoms with Gasteiger partial charge in [-0.25, -0.2) is 13.4 Å². The van der Waals surface area contributed by atoms with E-state index in [0.29, 0.717) is 24.7 Å². The van der Waals surface area contributed by atoms with E-state index in [1.165, 1.54) is 0 Å². The van der Waals surface area contributed by atoms with Crippen LogP contribution in [0.3, 0.4) is 0 Å². The Morgan fingerprint density at radius 2 is 2.10 bits per heavy atom. The molecule has 112 valence electrons. The van der Waals surface area contributed by atoms with Gasteiger partial charge in [-0.2, -0.15) is 0 Å². The number of nitrogens with zero attached hydrogens (tertiary/aromatic N) is 2. The molecule has 0 spiro atoms. The van der Waals surface area contributed by atoms with Crippen molar-refractivity contribution in [2.75, 3.05) is 36.0 Å². The van der Waals surface area contributed by atoms with E-state index in [2.05, 4.69) is 17.2 Å². The zero-order chi connectivity index (χ0) is 14.6. The first-order chi connectivity index (χ1) is 9.52. The van der Waals surface area contributed by atoms with Gasteiger partial charge in [0.2, 0.25) is 0 Å². The van der Waals surface area contributed by atoms with E-state index in [-0.39, 0.29) is 11.5 Å². The van der Waals surface area contributed by atoms with Gasteiger partial charge in [-0.1, -0.05) is 18.5 Å². The van der Waals surface area contributed by atoms with Crippen LogP contribution < -0.4 is 10.2 Å². The highest BCUT2D eigenvalue weighted by atomic mass is 35.5. The summed E-state index contributed by atoms with van der Waals surface area (Å²) in [7, 11) is -2.87.